The van der Waals surface area contributed by atoms with Crippen molar-refractivity contribution in [3.63, 3.8) is 0 Å². The molecule has 1 aromatic heterocycles. The van der Waals surface area contributed by atoms with Crippen molar-refractivity contribution in [1.29, 1.82) is 0 Å². The van der Waals surface area contributed by atoms with E-state index in [9.17, 15) is 4.79 Å². The molecule has 3 rings (SSSR count). The van der Waals surface area contributed by atoms with E-state index in [2.05, 4.69) is 15.6 Å². The van der Waals surface area contributed by atoms with Crippen LogP contribution in [-0.4, -0.2) is 30.0 Å². The van der Waals surface area contributed by atoms with E-state index in [-0.39, 0.29) is 43.2 Å². The van der Waals surface area contributed by atoms with Crippen LogP contribution < -0.4 is 10.6 Å². The smallest absolute Gasteiger partial charge is 0.226 e. The van der Waals surface area contributed by atoms with E-state index in [0.717, 1.165) is 31.5 Å². The first-order valence-electron chi connectivity index (χ1n) is 7.74. The number of nitrogens with one attached hydrogen (secondary N) is 2. The highest BCUT2D eigenvalue weighted by Crippen LogP contribution is 2.21. The first-order chi connectivity index (χ1) is 10.7. The molecule has 1 atom stereocenters. The maximum absolute atomic E-state index is 12.2. The molecule has 0 aliphatic carbocycles. The van der Waals surface area contributed by atoms with Gasteiger partial charge in [-0.25, -0.2) is 4.98 Å². The Morgan fingerprint density at radius 2 is 2.08 bits per heavy atom. The van der Waals surface area contributed by atoms with Gasteiger partial charge in [-0.15, -0.1) is 24.8 Å². The number of aryl methyl sites for hydroxylation is 1. The quantitative estimate of drug-likeness (QED) is 0.866. The van der Waals surface area contributed by atoms with Gasteiger partial charge in [-0.2, -0.15) is 0 Å². The highest BCUT2D eigenvalue weighted by Gasteiger charge is 2.18. The lowest BCUT2D eigenvalue weighted by molar-refractivity contribution is -0.121. The number of carbonyl (C=O) groups excluding carboxylic acids is 1. The van der Waals surface area contributed by atoms with Crippen LogP contribution in [0.25, 0.3) is 11.5 Å². The van der Waals surface area contributed by atoms with Crippen molar-refractivity contribution in [2.24, 2.45) is 0 Å². The average molecular weight is 372 g/mol. The highest BCUT2D eigenvalue weighted by molar-refractivity contribution is 5.85. The number of hydrogen-bond acceptors (Lipinski definition) is 4. The Hall–Kier alpha value is -1.56. The molecule has 1 aliphatic heterocycles. The summed E-state index contributed by atoms with van der Waals surface area (Å²) in [5, 5.41) is 6.35. The van der Waals surface area contributed by atoms with E-state index in [0.29, 0.717) is 17.3 Å². The number of hydrogen-bond donors (Lipinski definition) is 2. The van der Waals surface area contributed by atoms with Crippen molar-refractivity contribution in [1.82, 2.24) is 15.6 Å². The van der Waals surface area contributed by atoms with Crippen LogP contribution in [0, 0.1) is 6.92 Å². The summed E-state index contributed by atoms with van der Waals surface area (Å²) in [5.74, 6) is 1.28. The molecule has 5 nitrogen and oxygen atoms in total. The zero-order valence-electron chi connectivity index (χ0n) is 13.6. The predicted molar refractivity (Wildman–Crippen MR) is 98.9 cm³/mol. The average Bonchev–Trinajstić information content (AvgIpc) is 2.90. The molecule has 24 heavy (non-hydrogen) atoms. The highest BCUT2D eigenvalue weighted by atomic mass is 35.5. The Balaban J connectivity index is 0.00000144. The van der Waals surface area contributed by atoms with Crippen LogP contribution in [-0.2, 0) is 11.2 Å². The summed E-state index contributed by atoms with van der Waals surface area (Å²) in [7, 11) is 0. The Morgan fingerprint density at radius 3 is 2.75 bits per heavy atom. The topological polar surface area (TPSA) is 67.2 Å². The molecule has 132 valence electrons. The first kappa shape index (κ1) is 20.5. The fourth-order valence-electron chi connectivity index (χ4n) is 2.70. The van der Waals surface area contributed by atoms with Gasteiger partial charge < -0.3 is 15.1 Å². The second-order valence-corrected chi connectivity index (χ2v) is 5.68. The molecule has 7 heteroatoms. The maximum atomic E-state index is 12.2. The van der Waals surface area contributed by atoms with Crippen LogP contribution >= 0.6 is 24.8 Å². The van der Waals surface area contributed by atoms with Gasteiger partial charge in [0.2, 0.25) is 11.8 Å². The van der Waals surface area contributed by atoms with Crippen LogP contribution in [0.1, 0.15) is 24.3 Å². The number of aromatic nitrogens is 1. The SMILES string of the molecule is Cc1oc(-c2ccccc2)nc1CC(=O)NC1CCCNC1.Cl.Cl. The Labute approximate surface area is 154 Å². The molecule has 1 aliphatic rings. The third kappa shape index (κ3) is 5.23. The normalized spacial score (nSPS) is 16.6. The minimum absolute atomic E-state index is 0. The standard InChI is InChI=1S/C17H21N3O2.2ClH/c1-12-15(10-16(21)19-14-8-5-9-18-11-14)20-17(22-12)13-6-3-2-4-7-13;;/h2-4,6-7,14,18H,5,8-11H2,1H3,(H,19,21);2*1H. The minimum Gasteiger partial charge on any atom is -0.441 e. The number of nitrogens with zero attached hydrogens (tertiary/aromatic N) is 1. The molecular weight excluding hydrogens is 349 g/mol. The molecule has 1 fully saturated rings. The summed E-state index contributed by atoms with van der Waals surface area (Å²) in [6.45, 7) is 3.73. The summed E-state index contributed by atoms with van der Waals surface area (Å²) in [6.07, 6.45) is 2.40. The molecule has 0 saturated carbocycles. The lowest BCUT2D eigenvalue weighted by Crippen LogP contribution is -2.46. The number of carbonyl (C=O) groups is 1. The van der Waals surface area contributed by atoms with Crippen molar-refractivity contribution in [2.75, 3.05) is 13.1 Å². The van der Waals surface area contributed by atoms with Crippen molar-refractivity contribution >= 4 is 30.7 Å². The largest absolute Gasteiger partial charge is 0.441 e. The van der Waals surface area contributed by atoms with Crippen molar-refractivity contribution in [3.05, 3.63) is 41.8 Å². The molecule has 1 amide bonds. The van der Waals surface area contributed by atoms with Gasteiger partial charge in [0, 0.05) is 18.2 Å². The second kappa shape index (κ2) is 9.67. The monoisotopic (exact) mass is 371 g/mol. The van der Waals surface area contributed by atoms with E-state index < -0.39 is 0 Å². The van der Waals surface area contributed by atoms with Crippen LogP contribution in [0.4, 0.5) is 0 Å². The fourth-order valence-corrected chi connectivity index (χ4v) is 2.70. The van der Waals surface area contributed by atoms with Crippen LogP contribution in [0.15, 0.2) is 34.7 Å². The summed E-state index contributed by atoms with van der Waals surface area (Å²) in [5.41, 5.74) is 1.63. The van der Waals surface area contributed by atoms with Gasteiger partial charge in [0.15, 0.2) is 0 Å². The third-order valence-electron chi connectivity index (χ3n) is 3.90. The molecule has 2 heterocycles. The van der Waals surface area contributed by atoms with Gasteiger partial charge in [-0.05, 0) is 38.4 Å². The Kier molecular flexibility index (Phi) is 8.25. The number of benzene rings is 1. The number of rotatable bonds is 4. The first-order valence-corrected chi connectivity index (χ1v) is 7.74. The number of oxazole rings is 1. The minimum atomic E-state index is 0. The molecular formula is C17H23Cl2N3O2. The van der Waals surface area contributed by atoms with Gasteiger partial charge in [0.05, 0.1) is 12.1 Å². The molecule has 1 aromatic carbocycles. The van der Waals surface area contributed by atoms with Gasteiger partial charge in [-0.3, -0.25) is 4.79 Å². The van der Waals surface area contributed by atoms with Gasteiger partial charge in [0.25, 0.3) is 0 Å². The lowest BCUT2D eigenvalue weighted by Gasteiger charge is -2.23. The zero-order chi connectivity index (χ0) is 15.4. The molecule has 1 saturated heterocycles. The van der Waals surface area contributed by atoms with E-state index in [4.69, 9.17) is 4.42 Å². The summed E-state index contributed by atoms with van der Waals surface area (Å²) >= 11 is 0. The van der Waals surface area contributed by atoms with E-state index in [1.807, 2.05) is 37.3 Å². The van der Waals surface area contributed by atoms with Gasteiger partial charge in [0.1, 0.15) is 5.76 Å². The molecule has 2 aromatic rings. The van der Waals surface area contributed by atoms with Crippen molar-refractivity contribution in [3.8, 4) is 11.5 Å². The molecule has 1 unspecified atom stereocenters. The number of halogens is 2. The zero-order valence-corrected chi connectivity index (χ0v) is 15.2. The predicted octanol–water partition coefficient (Wildman–Crippen LogP) is 2.90. The Bertz CT molecular complexity index is 641. The van der Waals surface area contributed by atoms with Gasteiger partial charge in [-0.1, -0.05) is 18.2 Å². The second-order valence-electron chi connectivity index (χ2n) is 5.68. The molecule has 0 radical (unpaired) electrons. The van der Waals surface area contributed by atoms with Crippen molar-refractivity contribution in [2.45, 2.75) is 32.2 Å². The summed E-state index contributed by atoms with van der Waals surface area (Å²) < 4.78 is 5.69. The third-order valence-corrected chi connectivity index (χ3v) is 3.90. The van der Waals surface area contributed by atoms with Crippen LogP contribution in [0.2, 0.25) is 0 Å². The van der Waals surface area contributed by atoms with Gasteiger partial charge >= 0.3 is 0 Å². The maximum Gasteiger partial charge on any atom is 0.226 e. The van der Waals surface area contributed by atoms with Crippen molar-refractivity contribution < 1.29 is 9.21 Å². The molecule has 2 N–H and O–H groups in total. The summed E-state index contributed by atoms with van der Waals surface area (Å²) in [4.78, 5) is 16.6. The Morgan fingerprint density at radius 1 is 1.33 bits per heavy atom. The summed E-state index contributed by atoms with van der Waals surface area (Å²) in [6, 6.07) is 9.95. The van der Waals surface area contributed by atoms with E-state index in [1.54, 1.807) is 0 Å². The van der Waals surface area contributed by atoms with Crippen LogP contribution in [0.3, 0.4) is 0 Å². The number of piperidine rings is 1. The fraction of sp³-hybridized carbons (Fsp3) is 0.412. The lowest BCUT2D eigenvalue weighted by atomic mass is 10.1. The molecule has 0 bridgehead atoms. The molecule has 0 spiro atoms. The van der Waals surface area contributed by atoms with E-state index in [1.165, 1.54) is 0 Å². The van der Waals surface area contributed by atoms with Crippen LogP contribution in [0.5, 0.6) is 0 Å². The van der Waals surface area contributed by atoms with E-state index >= 15 is 0 Å². The number of amides is 1.